The third-order valence-electron chi connectivity index (χ3n) is 5.09. The van der Waals surface area contributed by atoms with Gasteiger partial charge < -0.3 is 15.5 Å². The number of halogens is 2. The van der Waals surface area contributed by atoms with Crippen LogP contribution < -0.4 is 15.5 Å². The van der Waals surface area contributed by atoms with Gasteiger partial charge in [0.1, 0.15) is 0 Å². The summed E-state index contributed by atoms with van der Waals surface area (Å²) in [5.41, 5.74) is 2.04. The number of hydrogen-bond acceptors (Lipinski definition) is 3. The molecule has 0 atom stereocenters. The zero-order valence-corrected chi connectivity index (χ0v) is 16.3. The summed E-state index contributed by atoms with van der Waals surface area (Å²) in [6.07, 6.45) is 7.87. The largest absolute Gasteiger partial charge is 0.371 e. The zero-order chi connectivity index (χ0) is 18.5. The average molecular weight is 398 g/mol. The SMILES string of the molecule is O=C(NC1CCCCC1)c1cc(NC(=O)C(Cl)Cl)ccc1N1CCCC1. The minimum Gasteiger partial charge on any atom is -0.371 e. The van der Waals surface area contributed by atoms with Crippen molar-refractivity contribution in [1.29, 1.82) is 0 Å². The van der Waals surface area contributed by atoms with E-state index in [1.165, 1.54) is 6.42 Å². The molecule has 0 bridgehead atoms. The molecule has 142 valence electrons. The minimum absolute atomic E-state index is 0.0804. The summed E-state index contributed by atoms with van der Waals surface area (Å²) in [6.45, 7) is 1.89. The standard InChI is InChI=1S/C19H25Cl2N3O2/c20-17(21)19(26)23-14-8-9-16(24-10-4-5-11-24)15(12-14)18(25)22-13-6-2-1-3-7-13/h8-9,12-13,17H,1-7,10-11H2,(H,22,25)(H,23,26). The van der Waals surface area contributed by atoms with E-state index in [2.05, 4.69) is 15.5 Å². The lowest BCUT2D eigenvalue weighted by Crippen LogP contribution is -2.37. The third-order valence-corrected chi connectivity index (χ3v) is 5.49. The Morgan fingerprint density at radius 2 is 1.73 bits per heavy atom. The molecule has 1 saturated heterocycles. The third kappa shape index (κ3) is 4.83. The molecule has 1 aromatic rings. The molecule has 2 fully saturated rings. The van der Waals surface area contributed by atoms with E-state index in [1.54, 1.807) is 12.1 Å². The van der Waals surface area contributed by atoms with Crippen LogP contribution in [0.15, 0.2) is 18.2 Å². The first kappa shape index (κ1) is 19.3. The number of rotatable bonds is 5. The number of nitrogens with zero attached hydrogens (tertiary/aromatic N) is 1. The van der Waals surface area contributed by atoms with E-state index in [4.69, 9.17) is 23.2 Å². The van der Waals surface area contributed by atoms with Gasteiger partial charge in [-0.1, -0.05) is 42.5 Å². The Kier molecular flexibility index (Phi) is 6.65. The van der Waals surface area contributed by atoms with Crippen LogP contribution in [-0.2, 0) is 4.79 Å². The Labute approximate surface area is 164 Å². The second kappa shape index (κ2) is 8.96. The van der Waals surface area contributed by atoms with Crippen molar-refractivity contribution < 1.29 is 9.59 Å². The van der Waals surface area contributed by atoms with E-state index in [9.17, 15) is 9.59 Å². The lowest BCUT2D eigenvalue weighted by atomic mass is 9.95. The molecule has 1 saturated carbocycles. The van der Waals surface area contributed by atoms with Gasteiger partial charge in [-0.2, -0.15) is 0 Å². The summed E-state index contributed by atoms with van der Waals surface area (Å²) < 4.78 is 0. The monoisotopic (exact) mass is 397 g/mol. The van der Waals surface area contributed by atoms with Crippen LogP contribution in [0.2, 0.25) is 0 Å². The van der Waals surface area contributed by atoms with Crippen molar-refractivity contribution in [2.45, 2.75) is 55.8 Å². The summed E-state index contributed by atoms with van der Waals surface area (Å²) in [4.78, 5) is 25.8. The molecule has 26 heavy (non-hydrogen) atoms. The zero-order valence-electron chi connectivity index (χ0n) is 14.8. The van der Waals surface area contributed by atoms with Crippen LogP contribution in [-0.4, -0.2) is 35.8 Å². The van der Waals surface area contributed by atoms with Crippen LogP contribution in [0.25, 0.3) is 0 Å². The summed E-state index contributed by atoms with van der Waals surface area (Å²) in [6, 6.07) is 5.64. The number of carbonyl (C=O) groups is 2. The van der Waals surface area contributed by atoms with Gasteiger partial charge in [-0.3, -0.25) is 9.59 Å². The van der Waals surface area contributed by atoms with Gasteiger partial charge in [-0.25, -0.2) is 0 Å². The number of nitrogens with one attached hydrogen (secondary N) is 2. The molecule has 3 rings (SSSR count). The molecular weight excluding hydrogens is 373 g/mol. The Balaban J connectivity index is 1.82. The normalized spacial score (nSPS) is 18.2. The van der Waals surface area contributed by atoms with Crippen LogP contribution in [0, 0.1) is 0 Å². The predicted octanol–water partition coefficient (Wildman–Crippen LogP) is 4.09. The minimum atomic E-state index is -1.15. The lowest BCUT2D eigenvalue weighted by molar-refractivity contribution is -0.114. The predicted molar refractivity (Wildman–Crippen MR) is 106 cm³/mol. The number of alkyl halides is 2. The van der Waals surface area contributed by atoms with Crippen LogP contribution in [0.4, 0.5) is 11.4 Å². The van der Waals surface area contributed by atoms with Gasteiger partial charge in [0, 0.05) is 30.5 Å². The summed E-state index contributed by atoms with van der Waals surface area (Å²) in [7, 11) is 0. The molecule has 0 radical (unpaired) electrons. The van der Waals surface area contributed by atoms with E-state index >= 15 is 0 Å². The number of benzene rings is 1. The van der Waals surface area contributed by atoms with Crippen molar-refractivity contribution in [3.8, 4) is 0 Å². The van der Waals surface area contributed by atoms with Crippen molar-refractivity contribution >= 4 is 46.4 Å². The van der Waals surface area contributed by atoms with E-state index in [1.807, 2.05) is 6.07 Å². The molecule has 0 unspecified atom stereocenters. The van der Waals surface area contributed by atoms with Gasteiger partial charge >= 0.3 is 0 Å². The molecular formula is C19H25Cl2N3O2. The first-order valence-electron chi connectivity index (χ1n) is 9.33. The van der Waals surface area contributed by atoms with Gasteiger partial charge in [0.05, 0.1) is 5.56 Å². The number of carbonyl (C=O) groups excluding carboxylic acids is 2. The second-order valence-corrected chi connectivity index (χ2v) is 8.12. The molecule has 2 amide bonds. The van der Waals surface area contributed by atoms with E-state index in [0.29, 0.717) is 11.3 Å². The molecule has 0 aromatic heterocycles. The van der Waals surface area contributed by atoms with E-state index in [-0.39, 0.29) is 11.9 Å². The van der Waals surface area contributed by atoms with Crippen molar-refractivity contribution in [3.05, 3.63) is 23.8 Å². The maximum atomic E-state index is 13.0. The topological polar surface area (TPSA) is 61.4 Å². The highest BCUT2D eigenvalue weighted by Crippen LogP contribution is 2.28. The summed E-state index contributed by atoms with van der Waals surface area (Å²) >= 11 is 11.2. The molecule has 1 aliphatic heterocycles. The summed E-state index contributed by atoms with van der Waals surface area (Å²) in [5, 5.41) is 5.83. The highest BCUT2D eigenvalue weighted by molar-refractivity contribution is 6.54. The van der Waals surface area contributed by atoms with Crippen LogP contribution >= 0.6 is 23.2 Å². The molecule has 1 heterocycles. The van der Waals surface area contributed by atoms with Crippen LogP contribution in [0.1, 0.15) is 55.3 Å². The van der Waals surface area contributed by atoms with E-state index in [0.717, 1.165) is 57.3 Å². The fourth-order valence-electron chi connectivity index (χ4n) is 3.74. The maximum Gasteiger partial charge on any atom is 0.257 e. The molecule has 1 aliphatic carbocycles. The first-order chi connectivity index (χ1) is 12.5. The number of amides is 2. The highest BCUT2D eigenvalue weighted by atomic mass is 35.5. The van der Waals surface area contributed by atoms with Crippen molar-refractivity contribution in [2.24, 2.45) is 0 Å². The van der Waals surface area contributed by atoms with Gasteiger partial charge in [0.15, 0.2) is 4.84 Å². The Morgan fingerprint density at radius 1 is 1.04 bits per heavy atom. The van der Waals surface area contributed by atoms with Crippen molar-refractivity contribution in [2.75, 3.05) is 23.3 Å². The Bertz CT molecular complexity index is 654. The van der Waals surface area contributed by atoms with E-state index < -0.39 is 10.7 Å². The quantitative estimate of drug-likeness (QED) is 0.735. The average Bonchev–Trinajstić information content (AvgIpc) is 3.17. The van der Waals surface area contributed by atoms with Gasteiger partial charge in [-0.05, 0) is 43.9 Å². The molecule has 2 aliphatic rings. The van der Waals surface area contributed by atoms with Crippen molar-refractivity contribution in [3.63, 3.8) is 0 Å². The smallest absolute Gasteiger partial charge is 0.257 e. The Morgan fingerprint density at radius 3 is 2.38 bits per heavy atom. The molecule has 1 aromatic carbocycles. The fraction of sp³-hybridized carbons (Fsp3) is 0.579. The van der Waals surface area contributed by atoms with Crippen LogP contribution in [0.3, 0.4) is 0 Å². The number of hydrogen-bond donors (Lipinski definition) is 2. The second-order valence-electron chi connectivity index (χ2n) is 7.02. The number of anilines is 2. The molecule has 7 heteroatoms. The molecule has 2 N–H and O–H groups in total. The van der Waals surface area contributed by atoms with Gasteiger partial charge in [0.2, 0.25) is 0 Å². The summed E-state index contributed by atoms with van der Waals surface area (Å²) in [5.74, 6) is -0.580. The lowest BCUT2D eigenvalue weighted by Gasteiger charge is -2.25. The van der Waals surface area contributed by atoms with Gasteiger partial charge in [0.25, 0.3) is 11.8 Å². The molecule has 5 nitrogen and oxygen atoms in total. The Hall–Kier alpha value is -1.46. The molecule has 0 spiro atoms. The fourth-order valence-corrected chi connectivity index (χ4v) is 3.85. The maximum absolute atomic E-state index is 13.0. The first-order valence-corrected chi connectivity index (χ1v) is 10.2. The van der Waals surface area contributed by atoms with Gasteiger partial charge in [-0.15, -0.1) is 0 Å². The van der Waals surface area contributed by atoms with Crippen molar-refractivity contribution in [1.82, 2.24) is 5.32 Å². The highest BCUT2D eigenvalue weighted by Gasteiger charge is 2.23. The van der Waals surface area contributed by atoms with Crippen LogP contribution in [0.5, 0.6) is 0 Å².